The highest BCUT2D eigenvalue weighted by Gasteiger charge is 2.16. The Labute approximate surface area is 147 Å². The fraction of sp³-hybridized carbons (Fsp3) is 0.190. The molecule has 0 aliphatic rings. The van der Waals surface area contributed by atoms with Gasteiger partial charge in [-0.05, 0) is 29.0 Å². The van der Waals surface area contributed by atoms with E-state index < -0.39 is 0 Å². The van der Waals surface area contributed by atoms with Crippen LogP contribution in [0.5, 0.6) is 11.5 Å². The van der Waals surface area contributed by atoms with Gasteiger partial charge in [0.1, 0.15) is 11.5 Å². The number of methoxy groups -OCH3 is 2. The molecule has 0 saturated heterocycles. The van der Waals surface area contributed by atoms with Crippen molar-refractivity contribution in [1.82, 2.24) is 4.90 Å². The number of nitrogens with zero attached hydrogens (tertiary/aromatic N) is 1. The molecule has 3 aromatic rings. The van der Waals surface area contributed by atoms with Gasteiger partial charge in [0.2, 0.25) is 0 Å². The smallest absolute Gasteiger partial charge is 0.254 e. The van der Waals surface area contributed by atoms with Gasteiger partial charge in [-0.15, -0.1) is 0 Å². The summed E-state index contributed by atoms with van der Waals surface area (Å²) in [6.07, 6.45) is 0. The Balaban J connectivity index is 1.88. The van der Waals surface area contributed by atoms with E-state index >= 15 is 0 Å². The third kappa shape index (κ3) is 3.43. The average molecular weight is 335 g/mol. The van der Waals surface area contributed by atoms with E-state index in [9.17, 15) is 4.79 Å². The summed E-state index contributed by atoms with van der Waals surface area (Å²) in [5.41, 5.74) is 1.63. The third-order valence-corrected chi connectivity index (χ3v) is 4.27. The molecule has 0 heterocycles. The van der Waals surface area contributed by atoms with Gasteiger partial charge in [-0.2, -0.15) is 0 Å². The standard InChI is InChI=1S/C21H21NO3/c1-22(14-16-11-12-17(24-2)13-20(16)25-3)21(23)19-10-6-8-15-7-4-5-9-18(15)19/h4-13H,14H2,1-3H3. The Morgan fingerprint density at radius 3 is 2.48 bits per heavy atom. The van der Waals surface area contributed by atoms with Crippen LogP contribution in [0.15, 0.2) is 60.7 Å². The maximum Gasteiger partial charge on any atom is 0.254 e. The van der Waals surface area contributed by atoms with E-state index in [1.54, 1.807) is 26.2 Å². The SMILES string of the molecule is COc1ccc(CN(C)C(=O)c2cccc3ccccc23)c(OC)c1. The molecule has 3 rings (SSSR count). The lowest BCUT2D eigenvalue weighted by molar-refractivity contribution is 0.0786. The molecule has 128 valence electrons. The molecule has 0 radical (unpaired) electrons. The van der Waals surface area contributed by atoms with Crippen LogP contribution in [0.2, 0.25) is 0 Å². The number of benzene rings is 3. The molecule has 3 aromatic carbocycles. The Hall–Kier alpha value is -3.01. The first-order chi connectivity index (χ1) is 12.1. The fourth-order valence-electron chi connectivity index (χ4n) is 2.93. The predicted molar refractivity (Wildman–Crippen MR) is 99.3 cm³/mol. The highest BCUT2D eigenvalue weighted by atomic mass is 16.5. The third-order valence-electron chi connectivity index (χ3n) is 4.27. The second kappa shape index (κ2) is 7.26. The fourth-order valence-corrected chi connectivity index (χ4v) is 2.93. The van der Waals surface area contributed by atoms with E-state index in [0.29, 0.717) is 17.9 Å². The topological polar surface area (TPSA) is 38.8 Å². The van der Waals surface area contributed by atoms with Crippen LogP contribution in [0.1, 0.15) is 15.9 Å². The maximum absolute atomic E-state index is 12.9. The van der Waals surface area contributed by atoms with Gasteiger partial charge in [-0.25, -0.2) is 0 Å². The van der Waals surface area contributed by atoms with Crippen LogP contribution < -0.4 is 9.47 Å². The molecule has 4 nitrogen and oxygen atoms in total. The summed E-state index contributed by atoms with van der Waals surface area (Å²) in [5.74, 6) is 1.41. The van der Waals surface area contributed by atoms with Crippen LogP contribution in [0, 0.1) is 0 Å². The molecule has 25 heavy (non-hydrogen) atoms. The minimum absolute atomic E-state index is 0.0188. The van der Waals surface area contributed by atoms with E-state index in [1.165, 1.54) is 0 Å². The molecule has 0 N–H and O–H groups in total. The second-order valence-corrected chi connectivity index (χ2v) is 5.87. The average Bonchev–Trinajstić information content (AvgIpc) is 2.67. The molecule has 4 heteroatoms. The monoisotopic (exact) mass is 335 g/mol. The van der Waals surface area contributed by atoms with Crippen LogP contribution in [0.3, 0.4) is 0 Å². The zero-order valence-corrected chi connectivity index (χ0v) is 14.7. The van der Waals surface area contributed by atoms with Crippen molar-refractivity contribution in [2.75, 3.05) is 21.3 Å². The lowest BCUT2D eigenvalue weighted by Gasteiger charge is -2.20. The number of rotatable bonds is 5. The first kappa shape index (κ1) is 16.8. The highest BCUT2D eigenvalue weighted by Crippen LogP contribution is 2.26. The molecule has 0 atom stereocenters. The van der Waals surface area contributed by atoms with Gasteiger partial charge in [-0.1, -0.05) is 36.4 Å². The molecular formula is C21H21NO3. The van der Waals surface area contributed by atoms with Gasteiger partial charge in [0.25, 0.3) is 5.91 Å². The van der Waals surface area contributed by atoms with Gasteiger partial charge in [0.15, 0.2) is 0 Å². The van der Waals surface area contributed by atoms with Gasteiger partial charge in [0.05, 0.1) is 14.2 Å². The summed E-state index contributed by atoms with van der Waals surface area (Å²) < 4.78 is 10.6. The summed E-state index contributed by atoms with van der Waals surface area (Å²) >= 11 is 0. The van der Waals surface area contributed by atoms with E-state index in [1.807, 2.05) is 60.7 Å². The zero-order valence-electron chi connectivity index (χ0n) is 14.7. The molecule has 0 bridgehead atoms. The van der Waals surface area contributed by atoms with E-state index in [0.717, 1.165) is 22.1 Å². The first-order valence-electron chi connectivity index (χ1n) is 8.08. The molecule has 0 saturated carbocycles. The van der Waals surface area contributed by atoms with Gasteiger partial charge in [0, 0.05) is 30.8 Å². The van der Waals surface area contributed by atoms with Crippen LogP contribution in [0.25, 0.3) is 10.8 Å². The summed E-state index contributed by atoms with van der Waals surface area (Å²) in [4.78, 5) is 14.6. The molecule has 0 aliphatic heterocycles. The van der Waals surface area contributed by atoms with Crippen molar-refractivity contribution in [3.63, 3.8) is 0 Å². The summed E-state index contributed by atoms with van der Waals surface area (Å²) in [5, 5.41) is 2.02. The van der Waals surface area contributed by atoms with E-state index in [-0.39, 0.29) is 5.91 Å². The van der Waals surface area contributed by atoms with Crippen LogP contribution in [-0.4, -0.2) is 32.1 Å². The Morgan fingerprint density at radius 2 is 1.72 bits per heavy atom. The quantitative estimate of drug-likeness (QED) is 0.704. The van der Waals surface area contributed by atoms with E-state index in [2.05, 4.69) is 0 Å². The van der Waals surface area contributed by atoms with Gasteiger partial charge >= 0.3 is 0 Å². The normalized spacial score (nSPS) is 10.5. The summed E-state index contributed by atoms with van der Waals surface area (Å²) in [7, 11) is 5.03. The van der Waals surface area contributed by atoms with E-state index in [4.69, 9.17) is 9.47 Å². The number of hydrogen-bond donors (Lipinski definition) is 0. The van der Waals surface area contributed by atoms with Crippen LogP contribution in [-0.2, 0) is 6.54 Å². The summed E-state index contributed by atoms with van der Waals surface area (Å²) in [6.45, 7) is 0.454. The molecule has 0 fully saturated rings. The first-order valence-corrected chi connectivity index (χ1v) is 8.08. The van der Waals surface area contributed by atoms with Crippen LogP contribution >= 0.6 is 0 Å². The number of ether oxygens (including phenoxy) is 2. The molecular weight excluding hydrogens is 314 g/mol. The Kier molecular flexibility index (Phi) is 4.89. The lowest BCUT2D eigenvalue weighted by atomic mass is 10.0. The molecule has 0 unspecified atom stereocenters. The van der Waals surface area contributed by atoms with Crippen molar-refractivity contribution < 1.29 is 14.3 Å². The lowest BCUT2D eigenvalue weighted by Crippen LogP contribution is -2.26. The number of amides is 1. The number of carbonyl (C=O) groups excluding carboxylic acids is 1. The number of carbonyl (C=O) groups is 1. The van der Waals surface area contributed by atoms with Crippen molar-refractivity contribution in [2.45, 2.75) is 6.54 Å². The number of hydrogen-bond acceptors (Lipinski definition) is 3. The van der Waals surface area contributed by atoms with Crippen LogP contribution in [0.4, 0.5) is 0 Å². The largest absolute Gasteiger partial charge is 0.497 e. The van der Waals surface area contributed by atoms with Crippen molar-refractivity contribution in [1.29, 1.82) is 0 Å². The minimum atomic E-state index is -0.0188. The second-order valence-electron chi connectivity index (χ2n) is 5.87. The molecule has 0 aliphatic carbocycles. The highest BCUT2D eigenvalue weighted by molar-refractivity contribution is 6.06. The van der Waals surface area contributed by atoms with Gasteiger partial charge < -0.3 is 14.4 Å². The van der Waals surface area contributed by atoms with Crippen molar-refractivity contribution in [2.24, 2.45) is 0 Å². The van der Waals surface area contributed by atoms with Crippen molar-refractivity contribution >= 4 is 16.7 Å². The molecule has 0 aromatic heterocycles. The minimum Gasteiger partial charge on any atom is -0.497 e. The number of fused-ring (bicyclic) bond motifs is 1. The molecule has 0 spiro atoms. The maximum atomic E-state index is 12.9. The Morgan fingerprint density at radius 1 is 0.960 bits per heavy atom. The zero-order chi connectivity index (χ0) is 17.8. The van der Waals surface area contributed by atoms with Crippen molar-refractivity contribution in [3.8, 4) is 11.5 Å². The van der Waals surface area contributed by atoms with Crippen molar-refractivity contribution in [3.05, 3.63) is 71.8 Å². The Bertz CT molecular complexity index is 899. The predicted octanol–water partition coefficient (Wildman–Crippen LogP) is 4.13. The van der Waals surface area contributed by atoms with Gasteiger partial charge in [-0.3, -0.25) is 4.79 Å². The summed E-state index contributed by atoms with van der Waals surface area (Å²) in [6, 6.07) is 19.3. The molecule has 1 amide bonds.